The molecule has 3 rings (SSSR count). The summed E-state index contributed by atoms with van der Waals surface area (Å²) in [6, 6.07) is 3.80. The zero-order valence-electron chi connectivity index (χ0n) is 12.6. The van der Waals surface area contributed by atoms with Crippen molar-refractivity contribution in [3.63, 3.8) is 0 Å². The molecule has 0 spiro atoms. The predicted octanol–water partition coefficient (Wildman–Crippen LogP) is 0.155. The number of pyridine rings is 1. The number of aliphatic hydroxyl groups excluding tert-OH is 1. The largest absolute Gasteiger partial charge is 0.396 e. The molecule has 1 amide bonds. The molecule has 3 heterocycles. The maximum atomic E-state index is 10.7. The Morgan fingerprint density at radius 1 is 1.41 bits per heavy atom. The van der Waals surface area contributed by atoms with Gasteiger partial charge in [-0.15, -0.1) is 0 Å². The molecule has 7 nitrogen and oxygen atoms in total. The van der Waals surface area contributed by atoms with Crippen LogP contribution >= 0.6 is 0 Å². The van der Waals surface area contributed by atoms with Crippen molar-refractivity contribution in [2.45, 2.75) is 25.4 Å². The number of nitrogens with one attached hydrogen (secondary N) is 1. The number of amides is 1. The summed E-state index contributed by atoms with van der Waals surface area (Å²) >= 11 is 0. The van der Waals surface area contributed by atoms with Crippen LogP contribution < -0.4 is 20.9 Å². The number of nitrogens with zero attached hydrogens (tertiary/aromatic N) is 3. The summed E-state index contributed by atoms with van der Waals surface area (Å²) in [6.07, 6.45) is 3.59. The lowest BCUT2D eigenvalue weighted by molar-refractivity contribution is -0.110. The summed E-state index contributed by atoms with van der Waals surface area (Å²) in [4.78, 5) is 19.7. The Bertz CT molecular complexity index is 539. The third kappa shape index (κ3) is 2.81. The quantitative estimate of drug-likeness (QED) is 0.671. The highest BCUT2D eigenvalue weighted by Gasteiger charge is 2.28. The van der Waals surface area contributed by atoms with Gasteiger partial charge in [-0.2, -0.15) is 0 Å². The van der Waals surface area contributed by atoms with Crippen LogP contribution in [0.1, 0.15) is 19.3 Å². The van der Waals surface area contributed by atoms with Crippen LogP contribution in [-0.2, 0) is 4.79 Å². The van der Waals surface area contributed by atoms with Gasteiger partial charge in [-0.25, -0.2) is 4.98 Å². The summed E-state index contributed by atoms with van der Waals surface area (Å²) in [5.74, 6) is 1.94. The summed E-state index contributed by atoms with van der Waals surface area (Å²) in [5.41, 5.74) is 6.73. The van der Waals surface area contributed by atoms with E-state index < -0.39 is 0 Å². The molecule has 22 heavy (non-hydrogen) atoms. The number of aliphatic hydroxyl groups is 1. The second kappa shape index (κ2) is 6.39. The number of nitrogen functional groups attached to an aromatic ring is 1. The Balaban J connectivity index is 1.82. The van der Waals surface area contributed by atoms with E-state index in [1.54, 1.807) is 0 Å². The van der Waals surface area contributed by atoms with Crippen molar-refractivity contribution < 1.29 is 9.90 Å². The fourth-order valence-electron chi connectivity index (χ4n) is 3.32. The van der Waals surface area contributed by atoms with E-state index in [4.69, 9.17) is 10.7 Å². The number of carbonyl (C=O) groups is 1. The first kappa shape index (κ1) is 14.9. The van der Waals surface area contributed by atoms with Gasteiger partial charge in [0.15, 0.2) is 5.82 Å². The lowest BCUT2D eigenvalue weighted by Gasteiger charge is -2.27. The molecule has 1 aromatic rings. The molecule has 2 aliphatic rings. The molecular weight excluding hydrogens is 282 g/mol. The van der Waals surface area contributed by atoms with E-state index in [1.165, 1.54) is 0 Å². The first-order chi connectivity index (χ1) is 10.7. The highest BCUT2D eigenvalue weighted by Crippen LogP contribution is 2.31. The number of anilines is 3. The molecule has 2 atom stereocenters. The molecule has 0 radical (unpaired) electrons. The topological polar surface area (TPSA) is 94.7 Å². The third-order valence-electron chi connectivity index (χ3n) is 4.54. The van der Waals surface area contributed by atoms with Crippen molar-refractivity contribution in [3.8, 4) is 0 Å². The lowest BCUT2D eigenvalue weighted by atomic mass is 10.1. The van der Waals surface area contributed by atoms with Crippen molar-refractivity contribution in [2.24, 2.45) is 5.92 Å². The third-order valence-corrected chi connectivity index (χ3v) is 4.54. The molecule has 0 saturated carbocycles. The average molecular weight is 305 g/mol. The number of hydrogen-bond acceptors (Lipinski definition) is 6. The number of hydrogen-bond donors (Lipinski definition) is 3. The normalized spacial score (nSPS) is 24.8. The fraction of sp³-hybridized carbons (Fsp3) is 0.600. The van der Waals surface area contributed by atoms with E-state index in [2.05, 4.69) is 15.1 Å². The zero-order chi connectivity index (χ0) is 15.5. The van der Waals surface area contributed by atoms with Gasteiger partial charge in [-0.1, -0.05) is 0 Å². The van der Waals surface area contributed by atoms with Gasteiger partial charge >= 0.3 is 0 Å². The SMILES string of the molecule is Nc1ccc(N2CCC(CO)C2)nc1N1CCCC1NC=O. The molecule has 2 unspecified atom stereocenters. The van der Waals surface area contributed by atoms with Gasteiger partial charge in [0.2, 0.25) is 6.41 Å². The van der Waals surface area contributed by atoms with Crippen molar-refractivity contribution >= 4 is 23.7 Å². The van der Waals surface area contributed by atoms with Gasteiger partial charge in [0, 0.05) is 32.2 Å². The molecule has 7 heteroatoms. The van der Waals surface area contributed by atoms with Crippen LogP contribution in [0.3, 0.4) is 0 Å². The van der Waals surface area contributed by atoms with E-state index in [0.717, 1.165) is 56.9 Å². The van der Waals surface area contributed by atoms with Crippen LogP contribution in [0.15, 0.2) is 12.1 Å². The highest BCUT2D eigenvalue weighted by atomic mass is 16.3. The highest BCUT2D eigenvalue weighted by molar-refractivity contribution is 5.67. The van der Waals surface area contributed by atoms with Crippen LogP contribution in [-0.4, -0.2) is 48.9 Å². The van der Waals surface area contributed by atoms with Crippen LogP contribution in [0.25, 0.3) is 0 Å². The van der Waals surface area contributed by atoms with Crippen molar-refractivity contribution in [1.29, 1.82) is 0 Å². The zero-order valence-corrected chi connectivity index (χ0v) is 12.6. The smallest absolute Gasteiger partial charge is 0.208 e. The average Bonchev–Trinajstić information content (AvgIpc) is 3.17. The van der Waals surface area contributed by atoms with Gasteiger partial charge in [0.05, 0.1) is 5.69 Å². The Morgan fingerprint density at radius 2 is 2.27 bits per heavy atom. The molecule has 0 aliphatic carbocycles. The first-order valence-electron chi connectivity index (χ1n) is 7.81. The maximum absolute atomic E-state index is 10.7. The molecule has 1 aromatic heterocycles. The predicted molar refractivity (Wildman–Crippen MR) is 85.6 cm³/mol. The maximum Gasteiger partial charge on any atom is 0.208 e. The minimum Gasteiger partial charge on any atom is -0.396 e. The minimum absolute atomic E-state index is 0.0358. The summed E-state index contributed by atoms with van der Waals surface area (Å²) in [7, 11) is 0. The molecule has 2 saturated heterocycles. The van der Waals surface area contributed by atoms with Crippen LogP contribution in [0.2, 0.25) is 0 Å². The monoisotopic (exact) mass is 305 g/mol. The Morgan fingerprint density at radius 3 is 3.00 bits per heavy atom. The van der Waals surface area contributed by atoms with Gasteiger partial charge in [-0.3, -0.25) is 4.79 Å². The lowest BCUT2D eigenvalue weighted by Crippen LogP contribution is -2.41. The van der Waals surface area contributed by atoms with Crippen LogP contribution in [0.4, 0.5) is 17.3 Å². The minimum atomic E-state index is -0.0358. The van der Waals surface area contributed by atoms with Crippen molar-refractivity contribution in [2.75, 3.05) is 41.8 Å². The van der Waals surface area contributed by atoms with E-state index in [1.807, 2.05) is 12.1 Å². The number of carbonyl (C=O) groups excluding carboxylic acids is 1. The van der Waals surface area contributed by atoms with Crippen molar-refractivity contribution in [1.82, 2.24) is 10.3 Å². The molecular formula is C15H23N5O2. The molecule has 2 fully saturated rings. The second-order valence-electron chi connectivity index (χ2n) is 6.00. The van der Waals surface area contributed by atoms with Gasteiger partial charge < -0.3 is 26.0 Å². The molecule has 2 aliphatic heterocycles. The van der Waals surface area contributed by atoms with Gasteiger partial charge in [0.25, 0.3) is 0 Å². The van der Waals surface area contributed by atoms with Gasteiger partial charge in [-0.05, 0) is 31.4 Å². The van der Waals surface area contributed by atoms with E-state index >= 15 is 0 Å². The van der Waals surface area contributed by atoms with Crippen LogP contribution in [0, 0.1) is 5.92 Å². The Kier molecular flexibility index (Phi) is 4.33. The number of nitrogens with two attached hydrogens (primary N) is 1. The van der Waals surface area contributed by atoms with E-state index in [-0.39, 0.29) is 12.8 Å². The van der Waals surface area contributed by atoms with Crippen molar-refractivity contribution in [3.05, 3.63) is 12.1 Å². The summed E-state index contributed by atoms with van der Waals surface area (Å²) in [5, 5.41) is 12.1. The Labute approximate surface area is 130 Å². The van der Waals surface area contributed by atoms with Gasteiger partial charge in [0.1, 0.15) is 12.0 Å². The summed E-state index contributed by atoms with van der Waals surface area (Å²) < 4.78 is 0. The first-order valence-corrected chi connectivity index (χ1v) is 7.81. The number of aromatic nitrogens is 1. The summed E-state index contributed by atoms with van der Waals surface area (Å²) in [6.45, 7) is 2.78. The Hall–Kier alpha value is -2.02. The molecule has 4 N–H and O–H groups in total. The molecule has 120 valence electrons. The molecule has 0 bridgehead atoms. The molecule has 0 aromatic carbocycles. The second-order valence-corrected chi connectivity index (χ2v) is 6.00. The van der Waals surface area contributed by atoms with E-state index in [9.17, 15) is 9.90 Å². The van der Waals surface area contributed by atoms with E-state index in [0.29, 0.717) is 11.6 Å². The standard InChI is InChI=1S/C15H23N5O2/c16-12-3-4-14(19-7-5-11(8-19)9-21)18-15(12)20-6-1-2-13(20)17-10-22/h3-4,10-11,13,21H,1-2,5-9,16H2,(H,17,22). The number of rotatable bonds is 5. The fourth-order valence-corrected chi connectivity index (χ4v) is 3.32. The van der Waals surface area contributed by atoms with Crippen LogP contribution in [0.5, 0.6) is 0 Å².